The van der Waals surface area contributed by atoms with E-state index in [0.717, 1.165) is 69.1 Å². The SMILES string of the molecule is CCCCCCCC1(CCCCCC/C=C/[C@H](C(=O)NC(Cc2ccc(OCCCC)cc2)C(=O)NC)[C@@](O)(CCOC)C(=O)OC(C)(C)C)OCCO1. The average molecular weight is 761 g/mol. The summed E-state index contributed by atoms with van der Waals surface area (Å²) in [6, 6.07) is 6.44. The zero-order valence-electron chi connectivity index (χ0n) is 34.5. The van der Waals surface area contributed by atoms with Crippen LogP contribution in [0.15, 0.2) is 36.4 Å². The number of nitrogens with one attached hydrogen (secondary N) is 2. The molecule has 0 bridgehead atoms. The fourth-order valence-corrected chi connectivity index (χ4v) is 6.56. The molecule has 3 atom stereocenters. The molecule has 2 amide bonds. The predicted molar refractivity (Wildman–Crippen MR) is 212 cm³/mol. The summed E-state index contributed by atoms with van der Waals surface area (Å²) in [5.41, 5.74) is -2.35. The molecule has 3 N–H and O–H groups in total. The topological polar surface area (TPSA) is 142 Å². The number of esters is 1. The van der Waals surface area contributed by atoms with Crippen LogP contribution in [0, 0.1) is 5.92 Å². The lowest BCUT2D eigenvalue weighted by molar-refractivity contribution is -0.185. The fourth-order valence-electron chi connectivity index (χ4n) is 6.56. The van der Waals surface area contributed by atoms with Crippen molar-refractivity contribution in [2.24, 2.45) is 5.92 Å². The van der Waals surface area contributed by atoms with Crippen molar-refractivity contribution in [3.05, 3.63) is 42.0 Å². The Balaban J connectivity index is 2.15. The van der Waals surface area contributed by atoms with Gasteiger partial charge in [0.2, 0.25) is 11.8 Å². The third-order valence-corrected chi connectivity index (χ3v) is 9.73. The second kappa shape index (κ2) is 25.2. The van der Waals surface area contributed by atoms with Crippen LogP contribution in [-0.4, -0.2) is 86.5 Å². The lowest BCUT2D eigenvalue weighted by Gasteiger charge is -2.35. The molecular weight excluding hydrogens is 688 g/mol. The van der Waals surface area contributed by atoms with Crippen molar-refractivity contribution in [3.63, 3.8) is 0 Å². The summed E-state index contributed by atoms with van der Waals surface area (Å²) in [6.07, 6.45) is 17.8. The highest BCUT2D eigenvalue weighted by atomic mass is 16.7. The monoisotopic (exact) mass is 761 g/mol. The largest absolute Gasteiger partial charge is 0.494 e. The molecule has 0 radical (unpaired) electrons. The van der Waals surface area contributed by atoms with Gasteiger partial charge in [-0.2, -0.15) is 0 Å². The van der Waals surface area contributed by atoms with E-state index in [2.05, 4.69) is 24.5 Å². The molecule has 1 aromatic carbocycles. The van der Waals surface area contributed by atoms with E-state index in [1.165, 1.54) is 39.8 Å². The van der Waals surface area contributed by atoms with E-state index in [1.807, 2.05) is 30.3 Å². The molecule has 54 heavy (non-hydrogen) atoms. The van der Waals surface area contributed by atoms with Crippen LogP contribution in [0.2, 0.25) is 0 Å². The number of unbranched alkanes of at least 4 members (excludes halogenated alkanes) is 9. The van der Waals surface area contributed by atoms with E-state index in [1.54, 1.807) is 26.8 Å². The van der Waals surface area contributed by atoms with Gasteiger partial charge in [-0.1, -0.05) is 83.1 Å². The number of ether oxygens (including phenoxy) is 5. The maximum atomic E-state index is 14.1. The number of methoxy groups -OCH3 is 1. The minimum Gasteiger partial charge on any atom is -0.494 e. The first-order chi connectivity index (χ1) is 25.8. The Morgan fingerprint density at radius 1 is 0.870 bits per heavy atom. The van der Waals surface area contributed by atoms with Gasteiger partial charge in [0, 0.05) is 46.4 Å². The van der Waals surface area contributed by atoms with Crippen molar-refractivity contribution in [1.29, 1.82) is 0 Å². The van der Waals surface area contributed by atoms with E-state index in [4.69, 9.17) is 23.7 Å². The fraction of sp³-hybridized carbons (Fsp3) is 0.744. The number of hydrogen-bond acceptors (Lipinski definition) is 9. The summed E-state index contributed by atoms with van der Waals surface area (Å²) in [4.78, 5) is 40.8. The maximum Gasteiger partial charge on any atom is 0.339 e. The number of benzene rings is 1. The summed E-state index contributed by atoms with van der Waals surface area (Å²) in [6.45, 7) is 11.4. The Hall–Kier alpha value is -2.99. The second-order valence-electron chi connectivity index (χ2n) is 15.5. The van der Waals surface area contributed by atoms with Crippen LogP contribution in [0.1, 0.15) is 136 Å². The van der Waals surface area contributed by atoms with Gasteiger partial charge in [-0.15, -0.1) is 0 Å². The van der Waals surface area contributed by atoms with Gasteiger partial charge in [-0.3, -0.25) is 9.59 Å². The molecule has 1 saturated heterocycles. The average Bonchev–Trinajstić information content (AvgIpc) is 3.61. The molecule has 0 spiro atoms. The van der Waals surface area contributed by atoms with Crippen molar-refractivity contribution in [3.8, 4) is 5.75 Å². The number of aliphatic hydroxyl groups is 1. The van der Waals surface area contributed by atoms with Crippen molar-refractivity contribution in [2.45, 2.75) is 160 Å². The van der Waals surface area contributed by atoms with E-state index >= 15 is 0 Å². The molecule has 0 aliphatic carbocycles. The Morgan fingerprint density at radius 3 is 2.06 bits per heavy atom. The maximum absolute atomic E-state index is 14.1. The molecular formula is C43H72N2O9. The van der Waals surface area contributed by atoms with Crippen LogP contribution in [0.5, 0.6) is 5.75 Å². The van der Waals surface area contributed by atoms with Crippen LogP contribution in [0.3, 0.4) is 0 Å². The van der Waals surface area contributed by atoms with Crippen molar-refractivity contribution < 1.29 is 43.2 Å². The standard InChI is InChI=1S/C43H72N2O9/c1-8-10-12-16-19-26-42(52-31-32-53-42)27-20-17-14-13-15-18-21-36(43(49,28-30-50-7)40(48)54-41(3,4)5)38(46)45-37(39(47)44-6)33-34-22-24-35(25-23-34)51-29-11-9-2/h18,21-25,36-37,49H,8-17,19-20,26-33H2,1-7H3,(H,44,47)(H,45,46)/b21-18+/t36-,37?,43+/m1/s1. The smallest absolute Gasteiger partial charge is 0.339 e. The zero-order valence-corrected chi connectivity index (χ0v) is 34.5. The number of rotatable bonds is 28. The second-order valence-corrected chi connectivity index (χ2v) is 15.5. The van der Waals surface area contributed by atoms with Gasteiger partial charge in [-0.05, 0) is 70.6 Å². The van der Waals surface area contributed by atoms with E-state index in [9.17, 15) is 19.5 Å². The van der Waals surface area contributed by atoms with Gasteiger partial charge in [0.25, 0.3) is 0 Å². The number of carbonyl (C=O) groups is 3. The first-order valence-electron chi connectivity index (χ1n) is 20.5. The molecule has 0 aromatic heterocycles. The van der Waals surface area contributed by atoms with Gasteiger partial charge in [-0.25, -0.2) is 4.79 Å². The number of carbonyl (C=O) groups excluding carboxylic acids is 3. The molecule has 11 nitrogen and oxygen atoms in total. The molecule has 1 aliphatic heterocycles. The molecule has 11 heteroatoms. The lowest BCUT2D eigenvalue weighted by Crippen LogP contribution is -2.57. The van der Waals surface area contributed by atoms with Crippen LogP contribution in [-0.2, 0) is 39.8 Å². The number of amides is 2. The number of hydrogen-bond donors (Lipinski definition) is 3. The summed E-state index contributed by atoms with van der Waals surface area (Å²) in [5, 5.41) is 17.5. The third kappa shape index (κ3) is 17.2. The highest BCUT2D eigenvalue weighted by Gasteiger charge is 2.49. The Bertz CT molecular complexity index is 1240. The number of allylic oxidation sites excluding steroid dienone is 1. The molecule has 1 heterocycles. The van der Waals surface area contributed by atoms with Crippen LogP contribution in [0.4, 0.5) is 0 Å². The Morgan fingerprint density at radius 2 is 1.48 bits per heavy atom. The van der Waals surface area contributed by atoms with E-state index in [-0.39, 0.29) is 19.4 Å². The van der Waals surface area contributed by atoms with Crippen molar-refractivity contribution >= 4 is 17.8 Å². The first kappa shape index (κ1) is 47.2. The molecule has 308 valence electrons. The zero-order chi connectivity index (χ0) is 39.9. The summed E-state index contributed by atoms with van der Waals surface area (Å²) < 4.78 is 28.8. The quantitative estimate of drug-likeness (QED) is 0.0454. The summed E-state index contributed by atoms with van der Waals surface area (Å²) in [7, 11) is 2.96. The Labute approximate surface area is 325 Å². The predicted octanol–water partition coefficient (Wildman–Crippen LogP) is 7.36. The molecule has 1 unspecified atom stereocenters. The molecule has 2 rings (SSSR count). The molecule has 1 aromatic rings. The summed E-state index contributed by atoms with van der Waals surface area (Å²) >= 11 is 0. The van der Waals surface area contributed by atoms with Crippen LogP contribution >= 0.6 is 0 Å². The minimum absolute atomic E-state index is 0.00652. The molecule has 1 aliphatic rings. The van der Waals surface area contributed by atoms with Crippen LogP contribution < -0.4 is 15.4 Å². The third-order valence-electron chi connectivity index (χ3n) is 9.73. The van der Waals surface area contributed by atoms with Gasteiger partial charge in [0.15, 0.2) is 11.4 Å². The summed E-state index contributed by atoms with van der Waals surface area (Å²) in [5.74, 6) is -3.06. The van der Waals surface area contributed by atoms with Crippen molar-refractivity contribution in [1.82, 2.24) is 10.6 Å². The lowest BCUT2D eigenvalue weighted by atomic mass is 9.82. The molecule has 1 fully saturated rings. The van der Waals surface area contributed by atoms with E-state index in [0.29, 0.717) is 26.2 Å². The minimum atomic E-state index is -2.25. The van der Waals surface area contributed by atoms with Gasteiger partial charge in [0.05, 0.1) is 25.7 Å². The van der Waals surface area contributed by atoms with Gasteiger partial charge >= 0.3 is 5.97 Å². The van der Waals surface area contributed by atoms with Gasteiger partial charge in [0.1, 0.15) is 17.4 Å². The van der Waals surface area contributed by atoms with E-state index < -0.39 is 46.7 Å². The van der Waals surface area contributed by atoms with Crippen LogP contribution in [0.25, 0.3) is 0 Å². The van der Waals surface area contributed by atoms with Crippen molar-refractivity contribution in [2.75, 3.05) is 40.6 Å². The highest BCUT2D eigenvalue weighted by Crippen LogP contribution is 2.32. The highest BCUT2D eigenvalue weighted by molar-refractivity contribution is 5.94. The molecule has 0 saturated carbocycles. The Kier molecular flexibility index (Phi) is 22.0. The normalized spacial score (nSPS) is 16.4. The van der Waals surface area contributed by atoms with Gasteiger partial charge < -0.3 is 39.4 Å². The first-order valence-corrected chi connectivity index (χ1v) is 20.5. The number of likely N-dealkylation sites (N-methyl/N-ethyl adjacent to an activating group) is 1.